The number of nitro benzene ring substituents is 1. The van der Waals surface area contributed by atoms with E-state index in [2.05, 4.69) is 10.4 Å². The number of anilines is 1. The Morgan fingerprint density at radius 1 is 1.10 bits per heavy atom. The van der Waals surface area contributed by atoms with Crippen molar-refractivity contribution in [2.45, 2.75) is 11.5 Å². The molecule has 2 heterocycles. The minimum Gasteiger partial charge on any atom is -0.306 e. The number of hydrogen-bond acceptors (Lipinski definition) is 6. The molecule has 0 saturated carbocycles. The number of nitrogens with one attached hydrogen (secondary N) is 1. The third-order valence-corrected chi connectivity index (χ3v) is 5.96. The van der Waals surface area contributed by atoms with Gasteiger partial charge in [-0.25, -0.2) is 21.9 Å². The highest BCUT2D eigenvalue weighted by Gasteiger charge is 2.34. The fourth-order valence-corrected chi connectivity index (χ4v) is 4.65. The van der Waals surface area contributed by atoms with Gasteiger partial charge in [0.05, 0.1) is 27.8 Å². The number of halogens is 2. The maximum Gasteiger partial charge on any atom is 0.269 e. The Balaban J connectivity index is 1.80. The fraction of sp³-hybridized carbons (Fsp3) is 0.111. The third-order valence-electron chi connectivity index (χ3n) is 4.51. The summed E-state index contributed by atoms with van der Waals surface area (Å²) >= 11 is 0. The molecule has 0 fully saturated rings. The first-order valence-electron chi connectivity index (χ1n) is 8.47. The minimum atomic E-state index is -3.48. The Morgan fingerprint density at radius 3 is 2.33 bits per heavy atom. The van der Waals surface area contributed by atoms with Crippen molar-refractivity contribution < 1.29 is 26.9 Å². The number of hydrogen-bond donors (Lipinski definition) is 1. The molecule has 0 spiro atoms. The molecular weight excluding hydrogens is 422 g/mol. The van der Waals surface area contributed by atoms with Gasteiger partial charge in [0.15, 0.2) is 9.84 Å². The van der Waals surface area contributed by atoms with Crippen LogP contribution in [0, 0.1) is 21.7 Å². The highest BCUT2D eigenvalue weighted by molar-refractivity contribution is 7.90. The van der Waals surface area contributed by atoms with Gasteiger partial charge in [0.25, 0.3) is 11.6 Å². The summed E-state index contributed by atoms with van der Waals surface area (Å²) in [6, 6.07) is 8.07. The molecule has 154 valence electrons. The second kappa shape index (κ2) is 6.99. The number of fused-ring (bicyclic) bond motifs is 1. The van der Waals surface area contributed by atoms with Crippen LogP contribution in [0.15, 0.2) is 42.5 Å². The monoisotopic (exact) mass is 434 g/mol. The van der Waals surface area contributed by atoms with Crippen LogP contribution in [-0.2, 0) is 21.3 Å². The molecule has 12 heteroatoms. The molecule has 3 aromatic rings. The molecule has 0 atom stereocenters. The van der Waals surface area contributed by atoms with Gasteiger partial charge in [-0.3, -0.25) is 14.9 Å². The number of non-ortho nitro benzene ring substituents is 1. The summed E-state index contributed by atoms with van der Waals surface area (Å²) in [4.78, 5) is 22.8. The second-order valence-electron chi connectivity index (χ2n) is 6.54. The molecule has 0 unspecified atom stereocenters. The van der Waals surface area contributed by atoms with Crippen molar-refractivity contribution >= 4 is 27.2 Å². The van der Waals surface area contributed by atoms with Gasteiger partial charge in [-0.1, -0.05) is 6.07 Å². The van der Waals surface area contributed by atoms with Crippen molar-refractivity contribution in [1.82, 2.24) is 9.78 Å². The van der Waals surface area contributed by atoms with E-state index in [1.54, 1.807) is 0 Å². The first kappa shape index (κ1) is 19.6. The Labute approximate surface area is 168 Å². The van der Waals surface area contributed by atoms with E-state index in [0.29, 0.717) is 0 Å². The van der Waals surface area contributed by atoms with Crippen LogP contribution in [0.5, 0.6) is 0 Å². The first-order chi connectivity index (χ1) is 14.2. The van der Waals surface area contributed by atoms with Gasteiger partial charge in [-0.05, 0) is 24.3 Å². The largest absolute Gasteiger partial charge is 0.306 e. The average molecular weight is 434 g/mol. The molecular formula is C18H12F2N4O5S. The quantitative estimate of drug-likeness (QED) is 0.497. The second-order valence-corrected chi connectivity index (χ2v) is 8.61. The van der Waals surface area contributed by atoms with Crippen LogP contribution >= 0.6 is 0 Å². The number of nitrogens with zero attached hydrogens (tertiary/aromatic N) is 3. The topological polar surface area (TPSA) is 124 Å². The van der Waals surface area contributed by atoms with Gasteiger partial charge < -0.3 is 5.32 Å². The van der Waals surface area contributed by atoms with Gasteiger partial charge in [0.1, 0.15) is 23.0 Å². The molecule has 30 heavy (non-hydrogen) atoms. The Morgan fingerprint density at radius 2 is 1.73 bits per heavy atom. The van der Waals surface area contributed by atoms with E-state index in [1.165, 1.54) is 28.9 Å². The van der Waals surface area contributed by atoms with Gasteiger partial charge in [-0.2, -0.15) is 5.10 Å². The molecule has 0 aliphatic carbocycles. The predicted octanol–water partition coefficient (Wildman–Crippen LogP) is 2.74. The molecule has 0 bridgehead atoms. The zero-order valence-corrected chi connectivity index (χ0v) is 15.8. The van der Waals surface area contributed by atoms with E-state index in [4.69, 9.17) is 0 Å². The molecule has 1 aromatic heterocycles. The summed E-state index contributed by atoms with van der Waals surface area (Å²) in [5.74, 6) is -4.14. The molecule has 1 aliphatic heterocycles. The van der Waals surface area contributed by atoms with Crippen LogP contribution < -0.4 is 5.32 Å². The first-order valence-corrected chi connectivity index (χ1v) is 10.3. The summed E-state index contributed by atoms with van der Waals surface area (Å²) < 4.78 is 53.1. The standard InChI is InChI=1S/C18H12F2N4O5S/c19-13-2-1-3-14(20)16(13)18(25)21-17-12-8-30(28,29)9-15(12)22-23(17)10-4-6-11(7-5-10)24(26)27/h1-7H,8-9H2,(H,21,25). The molecule has 1 amide bonds. The van der Waals surface area contributed by atoms with E-state index < -0.39 is 43.6 Å². The van der Waals surface area contributed by atoms with Crippen molar-refractivity contribution in [3.63, 3.8) is 0 Å². The number of sulfone groups is 1. The van der Waals surface area contributed by atoms with E-state index in [9.17, 15) is 32.1 Å². The van der Waals surface area contributed by atoms with E-state index in [0.717, 1.165) is 18.2 Å². The smallest absolute Gasteiger partial charge is 0.269 e. The zero-order valence-electron chi connectivity index (χ0n) is 15.0. The lowest BCUT2D eigenvalue weighted by Gasteiger charge is -2.12. The summed E-state index contributed by atoms with van der Waals surface area (Å²) in [6.45, 7) is 0. The van der Waals surface area contributed by atoms with E-state index in [-0.39, 0.29) is 34.2 Å². The van der Waals surface area contributed by atoms with Crippen LogP contribution in [0.3, 0.4) is 0 Å². The normalized spacial score (nSPS) is 14.3. The predicted molar refractivity (Wildman–Crippen MR) is 101 cm³/mol. The number of nitro groups is 1. The molecule has 0 saturated heterocycles. The summed E-state index contributed by atoms with van der Waals surface area (Å²) in [5, 5.41) is 17.4. The molecule has 0 radical (unpaired) electrons. The average Bonchev–Trinajstić information content (AvgIpc) is 3.14. The fourth-order valence-electron chi connectivity index (χ4n) is 3.16. The number of amides is 1. The lowest BCUT2D eigenvalue weighted by Crippen LogP contribution is -2.19. The van der Waals surface area contributed by atoms with E-state index in [1.807, 2.05) is 0 Å². The Kier molecular flexibility index (Phi) is 4.57. The highest BCUT2D eigenvalue weighted by Crippen LogP contribution is 2.33. The minimum absolute atomic E-state index is 0.0763. The van der Waals surface area contributed by atoms with Gasteiger partial charge >= 0.3 is 0 Å². The van der Waals surface area contributed by atoms with Crippen molar-refractivity contribution in [2.24, 2.45) is 0 Å². The SMILES string of the molecule is O=C(Nc1c2c(nn1-c1ccc([N+](=O)[O-])cc1)CS(=O)(=O)C2)c1c(F)cccc1F. The van der Waals surface area contributed by atoms with Crippen molar-refractivity contribution in [3.05, 3.63) is 81.0 Å². The number of benzene rings is 2. The van der Waals surface area contributed by atoms with Gasteiger partial charge in [0.2, 0.25) is 0 Å². The lowest BCUT2D eigenvalue weighted by atomic mass is 10.1. The van der Waals surface area contributed by atoms with Crippen molar-refractivity contribution in [1.29, 1.82) is 0 Å². The van der Waals surface area contributed by atoms with E-state index >= 15 is 0 Å². The molecule has 4 rings (SSSR count). The van der Waals surface area contributed by atoms with Crippen LogP contribution in [0.1, 0.15) is 21.6 Å². The molecule has 1 N–H and O–H groups in total. The maximum atomic E-state index is 14.0. The molecule has 9 nitrogen and oxygen atoms in total. The zero-order chi connectivity index (χ0) is 21.6. The van der Waals surface area contributed by atoms with Crippen molar-refractivity contribution in [2.75, 3.05) is 5.32 Å². The molecule has 1 aliphatic rings. The maximum absolute atomic E-state index is 14.0. The van der Waals surface area contributed by atoms with Crippen molar-refractivity contribution in [3.8, 4) is 5.69 Å². The summed E-state index contributed by atoms with van der Waals surface area (Å²) in [6.07, 6.45) is 0. The van der Waals surface area contributed by atoms with Crippen LogP contribution in [-0.4, -0.2) is 29.0 Å². The number of carbonyl (C=O) groups excluding carboxylic acids is 1. The summed E-state index contributed by atoms with van der Waals surface area (Å²) in [5.41, 5.74) is -0.351. The van der Waals surface area contributed by atoms with Crippen LogP contribution in [0.4, 0.5) is 20.3 Å². The molecule has 2 aromatic carbocycles. The highest BCUT2D eigenvalue weighted by atomic mass is 32.2. The number of aromatic nitrogens is 2. The van der Waals surface area contributed by atoms with Gasteiger partial charge in [-0.15, -0.1) is 0 Å². The Bertz CT molecular complexity index is 1280. The number of rotatable bonds is 4. The van der Waals surface area contributed by atoms with Crippen LogP contribution in [0.2, 0.25) is 0 Å². The number of carbonyl (C=O) groups is 1. The van der Waals surface area contributed by atoms with Crippen LogP contribution in [0.25, 0.3) is 5.69 Å². The summed E-state index contributed by atoms with van der Waals surface area (Å²) in [7, 11) is -3.48. The Hall–Kier alpha value is -3.67. The third kappa shape index (κ3) is 3.41. The van der Waals surface area contributed by atoms with Gasteiger partial charge in [0, 0.05) is 17.7 Å². The lowest BCUT2D eigenvalue weighted by molar-refractivity contribution is -0.384.